The smallest absolute Gasteiger partial charge is 0.545 e. The normalized spacial score (nSPS) is 12.8. The molecule has 0 unspecified atom stereocenters. The Morgan fingerprint density at radius 2 is 1.78 bits per heavy atom. The molecule has 186 valence electrons. The Morgan fingerprint density at radius 3 is 2.36 bits per heavy atom. The predicted molar refractivity (Wildman–Crippen MR) is 131 cm³/mol. The van der Waals surface area contributed by atoms with Crippen molar-refractivity contribution in [3.63, 3.8) is 0 Å². The number of ether oxygens (including phenoxy) is 1. The van der Waals surface area contributed by atoms with Crippen LogP contribution in [0.3, 0.4) is 0 Å². The topological polar surface area (TPSA) is 99.9 Å². The Morgan fingerprint density at radius 1 is 1.08 bits per heavy atom. The molecule has 4 rings (SSSR count). The summed E-state index contributed by atoms with van der Waals surface area (Å²) >= 11 is 0. The number of fused-ring (bicyclic) bond motifs is 1. The van der Waals surface area contributed by atoms with E-state index in [1.807, 2.05) is 32.9 Å². The van der Waals surface area contributed by atoms with Crippen LogP contribution in [0.1, 0.15) is 58.6 Å². The third-order valence-corrected chi connectivity index (χ3v) is 7.85. The number of furan rings is 1. The quantitative estimate of drug-likeness (QED) is 0.394. The van der Waals surface area contributed by atoms with E-state index in [0.29, 0.717) is 17.2 Å². The molecule has 1 aliphatic carbocycles. The SMILES string of the molecule is Cc1ccc(S(=O)(=O)N(CC(C)C)c2cc3c(cc2OCc2ccc(C(=O)[O-])cc2C)CCC3)o1.[Na+]. The molecule has 1 aromatic heterocycles. The maximum atomic E-state index is 13.7. The molecule has 0 spiro atoms. The first-order chi connectivity index (χ1) is 16.6. The molecule has 0 amide bonds. The molecule has 0 fully saturated rings. The van der Waals surface area contributed by atoms with Crippen LogP contribution >= 0.6 is 0 Å². The van der Waals surface area contributed by atoms with E-state index >= 15 is 0 Å². The van der Waals surface area contributed by atoms with Crippen molar-refractivity contribution < 1.29 is 57.0 Å². The van der Waals surface area contributed by atoms with Gasteiger partial charge in [0.1, 0.15) is 18.1 Å². The maximum absolute atomic E-state index is 13.7. The fourth-order valence-electron chi connectivity index (χ4n) is 4.36. The molecule has 0 saturated carbocycles. The van der Waals surface area contributed by atoms with Crippen molar-refractivity contribution in [2.75, 3.05) is 10.8 Å². The third kappa shape index (κ3) is 5.99. The van der Waals surface area contributed by atoms with Crippen LogP contribution in [0.25, 0.3) is 0 Å². The van der Waals surface area contributed by atoms with Gasteiger partial charge in [0.2, 0.25) is 5.09 Å². The van der Waals surface area contributed by atoms with Crippen molar-refractivity contribution in [1.29, 1.82) is 0 Å². The number of hydrogen-bond acceptors (Lipinski definition) is 6. The molecule has 0 radical (unpaired) electrons. The van der Waals surface area contributed by atoms with Gasteiger partial charge in [-0.25, -0.2) is 0 Å². The van der Waals surface area contributed by atoms with Crippen LogP contribution in [-0.4, -0.2) is 20.9 Å². The van der Waals surface area contributed by atoms with E-state index in [4.69, 9.17) is 9.15 Å². The van der Waals surface area contributed by atoms with Crippen molar-refractivity contribution >= 4 is 21.7 Å². The molecule has 0 N–H and O–H groups in total. The summed E-state index contributed by atoms with van der Waals surface area (Å²) in [5.41, 5.74) is 4.43. The molecule has 0 atom stereocenters. The number of carbonyl (C=O) groups is 1. The van der Waals surface area contributed by atoms with Crippen LogP contribution in [-0.2, 0) is 29.5 Å². The van der Waals surface area contributed by atoms with Gasteiger partial charge in [-0.3, -0.25) is 4.31 Å². The number of hydrogen-bond donors (Lipinski definition) is 0. The molecular weight excluding hydrogens is 489 g/mol. The van der Waals surface area contributed by atoms with E-state index in [-0.39, 0.29) is 59.3 Å². The Labute approximate surface area is 234 Å². The fourth-order valence-corrected chi connectivity index (χ4v) is 5.95. The van der Waals surface area contributed by atoms with Gasteiger partial charge < -0.3 is 19.1 Å². The number of anilines is 1. The van der Waals surface area contributed by atoms with E-state index < -0.39 is 16.0 Å². The first-order valence-corrected chi connectivity index (χ1v) is 13.2. The number of carboxylic acid groups (broad SMARTS) is 1. The summed E-state index contributed by atoms with van der Waals surface area (Å²) in [4.78, 5) is 11.2. The fraction of sp³-hybridized carbons (Fsp3) is 0.370. The summed E-state index contributed by atoms with van der Waals surface area (Å²) in [7, 11) is -3.96. The first-order valence-electron chi connectivity index (χ1n) is 11.7. The summed E-state index contributed by atoms with van der Waals surface area (Å²) in [6.07, 6.45) is 2.82. The zero-order valence-electron chi connectivity index (χ0n) is 21.5. The first kappa shape index (κ1) is 28.3. The predicted octanol–water partition coefficient (Wildman–Crippen LogP) is 1.18. The van der Waals surface area contributed by atoms with Gasteiger partial charge in [-0.2, -0.15) is 8.42 Å². The van der Waals surface area contributed by atoms with E-state index in [1.165, 1.54) is 16.4 Å². The maximum Gasteiger partial charge on any atom is 1.00 e. The largest absolute Gasteiger partial charge is 1.00 e. The van der Waals surface area contributed by atoms with Crippen LogP contribution in [0.5, 0.6) is 5.75 Å². The van der Waals surface area contributed by atoms with E-state index in [2.05, 4.69) is 0 Å². The molecule has 0 aliphatic heterocycles. The second-order valence-corrected chi connectivity index (χ2v) is 11.2. The van der Waals surface area contributed by atoms with Crippen LogP contribution in [0.15, 0.2) is 52.0 Å². The van der Waals surface area contributed by atoms with Gasteiger partial charge in [-0.05, 0) is 97.2 Å². The van der Waals surface area contributed by atoms with Gasteiger partial charge >= 0.3 is 29.6 Å². The zero-order valence-corrected chi connectivity index (χ0v) is 24.3. The number of aromatic carboxylic acids is 1. The molecule has 7 nitrogen and oxygen atoms in total. The number of aryl methyl sites for hydroxylation is 4. The number of rotatable bonds is 9. The van der Waals surface area contributed by atoms with Crippen LogP contribution < -0.4 is 43.7 Å². The van der Waals surface area contributed by atoms with E-state index in [9.17, 15) is 18.3 Å². The molecule has 0 saturated heterocycles. The summed E-state index contributed by atoms with van der Waals surface area (Å²) in [6.45, 7) is 7.88. The molecule has 2 aromatic carbocycles. The van der Waals surface area contributed by atoms with Crippen molar-refractivity contribution in [2.45, 2.75) is 58.7 Å². The van der Waals surface area contributed by atoms with Crippen LogP contribution in [0, 0.1) is 19.8 Å². The third-order valence-electron chi connectivity index (χ3n) is 6.19. The van der Waals surface area contributed by atoms with Gasteiger partial charge in [0, 0.05) is 6.54 Å². The number of sulfonamides is 1. The van der Waals surface area contributed by atoms with E-state index in [1.54, 1.807) is 25.1 Å². The van der Waals surface area contributed by atoms with Gasteiger partial charge in [-0.15, -0.1) is 0 Å². The Kier molecular flexibility index (Phi) is 8.98. The average Bonchev–Trinajstić information content (AvgIpc) is 3.44. The summed E-state index contributed by atoms with van der Waals surface area (Å²) in [5, 5.41) is 11.1. The molecular formula is C27H30NNaO6S. The van der Waals surface area contributed by atoms with Crippen molar-refractivity contribution in [1.82, 2.24) is 0 Å². The minimum absolute atomic E-state index is 0. The Balaban J connectivity index is 0.00000361. The average molecular weight is 520 g/mol. The number of carbonyl (C=O) groups excluding carboxylic acids is 1. The molecule has 0 bridgehead atoms. The molecule has 1 aliphatic rings. The molecule has 1 heterocycles. The van der Waals surface area contributed by atoms with Crippen molar-refractivity contribution in [2.24, 2.45) is 5.92 Å². The van der Waals surface area contributed by atoms with Gasteiger partial charge in [0.25, 0.3) is 10.0 Å². The number of nitrogens with zero attached hydrogens (tertiary/aromatic N) is 1. The molecule has 9 heteroatoms. The van der Waals surface area contributed by atoms with E-state index in [0.717, 1.165) is 41.5 Å². The van der Waals surface area contributed by atoms with Crippen molar-refractivity contribution in [3.05, 3.63) is 76.0 Å². The Hall–Kier alpha value is -2.26. The van der Waals surface area contributed by atoms with Crippen LogP contribution in [0.2, 0.25) is 0 Å². The minimum atomic E-state index is -3.96. The monoisotopic (exact) mass is 519 g/mol. The van der Waals surface area contributed by atoms with Crippen LogP contribution in [0.4, 0.5) is 5.69 Å². The summed E-state index contributed by atoms with van der Waals surface area (Å²) < 4.78 is 40.5. The second kappa shape index (κ2) is 11.4. The second-order valence-electron chi connectivity index (χ2n) is 9.45. The van der Waals surface area contributed by atoms with Gasteiger partial charge in [0.05, 0.1) is 11.7 Å². The standard InChI is InChI=1S/C27H31NO6S.Na/c1-17(2)15-28(35(31,32)26-11-8-19(4)34-26)24-13-20-6-5-7-21(20)14-25(24)33-16-23-10-9-22(27(29)30)12-18(23)3;/h8-14,17H,5-7,15-16H2,1-4H3,(H,29,30);/q;+1/p-1. The van der Waals surface area contributed by atoms with Gasteiger partial charge in [0.15, 0.2) is 0 Å². The number of carboxylic acids is 1. The molecule has 3 aromatic rings. The summed E-state index contributed by atoms with van der Waals surface area (Å²) in [5.74, 6) is -0.180. The zero-order chi connectivity index (χ0) is 25.3. The van der Waals surface area contributed by atoms with Gasteiger partial charge in [-0.1, -0.05) is 26.0 Å². The summed E-state index contributed by atoms with van der Waals surface area (Å²) in [6, 6.07) is 11.7. The molecule has 36 heavy (non-hydrogen) atoms. The number of benzene rings is 2. The minimum Gasteiger partial charge on any atom is -0.545 e. The Bertz CT molecular complexity index is 1360. The van der Waals surface area contributed by atoms with Crippen molar-refractivity contribution in [3.8, 4) is 5.75 Å².